The topological polar surface area (TPSA) is 72.6 Å². The molecule has 0 radical (unpaired) electrons. The molecule has 0 aliphatic rings. The highest BCUT2D eigenvalue weighted by Gasteiger charge is 2.13. The first-order valence-electron chi connectivity index (χ1n) is 5.52. The van der Waals surface area contributed by atoms with Crippen molar-refractivity contribution in [3.63, 3.8) is 0 Å². The van der Waals surface area contributed by atoms with Crippen molar-refractivity contribution in [1.29, 1.82) is 0 Å². The molecular formula is C13H13NO4. The van der Waals surface area contributed by atoms with E-state index < -0.39 is 12.1 Å². The molecular weight excluding hydrogens is 234 g/mol. The van der Waals surface area contributed by atoms with Gasteiger partial charge in [0.1, 0.15) is 5.69 Å². The predicted octanol–water partition coefficient (Wildman–Crippen LogP) is 2.33. The summed E-state index contributed by atoms with van der Waals surface area (Å²) in [5.74, 6) is -0.362. The molecule has 18 heavy (non-hydrogen) atoms. The minimum atomic E-state index is -0.998. The Balaban J connectivity index is 2.01. The van der Waals surface area contributed by atoms with Gasteiger partial charge < -0.3 is 14.4 Å². The van der Waals surface area contributed by atoms with Gasteiger partial charge in [-0.25, -0.2) is 4.79 Å². The van der Waals surface area contributed by atoms with Crippen molar-refractivity contribution in [3.05, 3.63) is 42.1 Å². The molecule has 0 saturated heterocycles. The fourth-order valence-electron chi connectivity index (χ4n) is 1.40. The largest absolute Gasteiger partial charge is 0.479 e. The summed E-state index contributed by atoms with van der Waals surface area (Å²) >= 11 is 0. The van der Waals surface area contributed by atoms with Crippen molar-refractivity contribution < 1.29 is 19.2 Å². The lowest BCUT2D eigenvalue weighted by atomic mass is 10.2. The monoisotopic (exact) mass is 247 g/mol. The molecule has 0 saturated carbocycles. The van der Waals surface area contributed by atoms with Crippen LogP contribution in [-0.2, 0) is 16.1 Å². The third kappa shape index (κ3) is 2.95. The van der Waals surface area contributed by atoms with E-state index in [4.69, 9.17) is 14.4 Å². The molecule has 0 amide bonds. The number of carboxylic acids is 1. The summed E-state index contributed by atoms with van der Waals surface area (Å²) in [7, 11) is 0. The standard InChI is InChI=1S/C13H13NO4/c1-9(13(15)16)17-8-11-7-12(18-14-11)10-5-3-2-4-6-10/h2-7,9H,8H2,1H3,(H,15,16)/t9-/m1/s1. The van der Waals surface area contributed by atoms with Gasteiger partial charge in [0.15, 0.2) is 11.9 Å². The number of benzene rings is 1. The number of aromatic nitrogens is 1. The Morgan fingerprint density at radius 3 is 2.83 bits per heavy atom. The van der Waals surface area contributed by atoms with E-state index in [0.29, 0.717) is 11.5 Å². The van der Waals surface area contributed by atoms with E-state index >= 15 is 0 Å². The molecule has 1 N–H and O–H groups in total. The molecule has 0 fully saturated rings. The molecule has 0 aliphatic carbocycles. The molecule has 2 aromatic rings. The number of aliphatic carboxylic acids is 1. The Kier molecular flexibility index (Phi) is 3.74. The first-order valence-corrected chi connectivity index (χ1v) is 5.52. The van der Waals surface area contributed by atoms with Crippen LogP contribution in [0, 0.1) is 0 Å². The van der Waals surface area contributed by atoms with Crippen LogP contribution in [0.25, 0.3) is 11.3 Å². The Hall–Kier alpha value is -2.14. The van der Waals surface area contributed by atoms with Crippen molar-refractivity contribution in [2.75, 3.05) is 0 Å². The number of ether oxygens (including phenoxy) is 1. The van der Waals surface area contributed by atoms with E-state index in [1.54, 1.807) is 6.07 Å². The van der Waals surface area contributed by atoms with Crippen molar-refractivity contribution in [2.24, 2.45) is 0 Å². The van der Waals surface area contributed by atoms with Gasteiger partial charge in [-0.15, -0.1) is 0 Å². The van der Waals surface area contributed by atoms with Gasteiger partial charge in [0.25, 0.3) is 0 Å². The van der Waals surface area contributed by atoms with Gasteiger partial charge in [0, 0.05) is 11.6 Å². The zero-order valence-electron chi connectivity index (χ0n) is 9.87. The zero-order valence-corrected chi connectivity index (χ0v) is 9.87. The Labute approximate surface area is 104 Å². The van der Waals surface area contributed by atoms with Crippen LogP contribution in [0.3, 0.4) is 0 Å². The van der Waals surface area contributed by atoms with E-state index in [1.807, 2.05) is 30.3 Å². The van der Waals surface area contributed by atoms with Crippen LogP contribution in [0.5, 0.6) is 0 Å². The molecule has 1 aromatic heterocycles. The highest BCUT2D eigenvalue weighted by atomic mass is 16.5. The number of hydrogen-bond donors (Lipinski definition) is 1. The normalized spacial score (nSPS) is 12.3. The molecule has 0 spiro atoms. The maximum absolute atomic E-state index is 10.6. The van der Waals surface area contributed by atoms with Gasteiger partial charge in [-0.1, -0.05) is 35.5 Å². The lowest BCUT2D eigenvalue weighted by molar-refractivity contribution is -0.149. The first-order chi connectivity index (χ1) is 8.66. The van der Waals surface area contributed by atoms with E-state index in [0.717, 1.165) is 5.56 Å². The van der Waals surface area contributed by atoms with Crippen LogP contribution in [0.1, 0.15) is 12.6 Å². The SMILES string of the molecule is C[C@@H](OCc1cc(-c2ccccc2)on1)C(=O)O. The molecule has 1 heterocycles. The Morgan fingerprint density at radius 2 is 2.17 bits per heavy atom. The number of hydrogen-bond acceptors (Lipinski definition) is 4. The summed E-state index contributed by atoms with van der Waals surface area (Å²) in [4.78, 5) is 10.6. The molecule has 0 unspecified atom stereocenters. The fraction of sp³-hybridized carbons (Fsp3) is 0.231. The van der Waals surface area contributed by atoms with Crippen molar-refractivity contribution in [2.45, 2.75) is 19.6 Å². The van der Waals surface area contributed by atoms with Gasteiger partial charge in [0.05, 0.1) is 6.61 Å². The third-order valence-electron chi connectivity index (χ3n) is 2.45. The fourth-order valence-corrected chi connectivity index (χ4v) is 1.40. The summed E-state index contributed by atoms with van der Waals surface area (Å²) in [5, 5.41) is 12.5. The van der Waals surface area contributed by atoms with E-state index in [1.165, 1.54) is 6.92 Å². The summed E-state index contributed by atoms with van der Waals surface area (Å²) < 4.78 is 10.3. The number of rotatable bonds is 5. The average Bonchev–Trinajstić information content (AvgIpc) is 2.85. The molecule has 1 aromatic carbocycles. The number of nitrogens with zero attached hydrogens (tertiary/aromatic N) is 1. The molecule has 5 heteroatoms. The summed E-state index contributed by atoms with van der Waals surface area (Å²) in [6.07, 6.45) is -0.859. The zero-order chi connectivity index (χ0) is 13.0. The second-order valence-corrected chi connectivity index (χ2v) is 3.84. The smallest absolute Gasteiger partial charge is 0.332 e. The van der Waals surface area contributed by atoms with E-state index in [-0.39, 0.29) is 6.61 Å². The molecule has 0 bridgehead atoms. The van der Waals surface area contributed by atoms with Gasteiger partial charge >= 0.3 is 5.97 Å². The molecule has 0 aliphatic heterocycles. The number of carboxylic acid groups (broad SMARTS) is 1. The maximum atomic E-state index is 10.6. The Bertz CT molecular complexity index is 521. The van der Waals surface area contributed by atoms with Crippen LogP contribution in [0.4, 0.5) is 0 Å². The van der Waals surface area contributed by atoms with Gasteiger partial charge in [-0.2, -0.15) is 0 Å². The van der Waals surface area contributed by atoms with Crippen LogP contribution in [0.15, 0.2) is 40.9 Å². The molecule has 5 nitrogen and oxygen atoms in total. The number of carbonyl (C=O) groups is 1. The predicted molar refractivity (Wildman–Crippen MR) is 63.8 cm³/mol. The van der Waals surface area contributed by atoms with Crippen LogP contribution in [-0.4, -0.2) is 22.3 Å². The van der Waals surface area contributed by atoms with Crippen molar-refractivity contribution in [3.8, 4) is 11.3 Å². The summed E-state index contributed by atoms with van der Waals surface area (Å²) in [6.45, 7) is 1.59. The van der Waals surface area contributed by atoms with E-state index in [2.05, 4.69) is 5.16 Å². The molecule has 94 valence electrons. The molecule has 2 rings (SSSR count). The van der Waals surface area contributed by atoms with E-state index in [9.17, 15) is 4.79 Å². The second kappa shape index (κ2) is 5.46. The van der Waals surface area contributed by atoms with Gasteiger partial charge in [-0.3, -0.25) is 0 Å². The van der Waals surface area contributed by atoms with Crippen molar-refractivity contribution >= 4 is 5.97 Å². The van der Waals surface area contributed by atoms with Crippen LogP contribution in [0.2, 0.25) is 0 Å². The second-order valence-electron chi connectivity index (χ2n) is 3.84. The quantitative estimate of drug-likeness (QED) is 0.877. The van der Waals surface area contributed by atoms with Crippen molar-refractivity contribution in [1.82, 2.24) is 5.16 Å². The lowest BCUT2D eigenvalue weighted by Gasteiger charge is -2.05. The first kappa shape index (κ1) is 12.3. The maximum Gasteiger partial charge on any atom is 0.332 e. The van der Waals surface area contributed by atoms with Crippen LogP contribution >= 0.6 is 0 Å². The Morgan fingerprint density at radius 1 is 1.44 bits per heavy atom. The minimum Gasteiger partial charge on any atom is -0.479 e. The van der Waals surface area contributed by atoms with Gasteiger partial charge in [0.2, 0.25) is 0 Å². The highest BCUT2D eigenvalue weighted by molar-refractivity contribution is 5.71. The third-order valence-corrected chi connectivity index (χ3v) is 2.45. The summed E-state index contributed by atoms with van der Waals surface area (Å²) in [6, 6.07) is 11.3. The minimum absolute atomic E-state index is 0.115. The summed E-state index contributed by atoms with van der Waals surface area (Å²) in [5.41, 5.74) is 1.49. The van der Waals surface area contributed by atoms with Gasteiger partial charge in [-0.05, 0) is 6.92 Å². The molecule has 1 atom stereocenters. The lowest BCUT2D eigenvalue weighted by Crippen LogP contribution is -2.19. The highest BCUT2D eigenvalue weighted by Crippen LogP contribution is 2.20. The van der Waals surface area contributed by atoms with Crippen LogP contribution < -0.4 is 0 Å². The average molecular weight is 247 g/mol.